The van der Waals surface area contributed by atoms with E-state index in [0.717, 1.165) is 26.1 Å². The Bertz CT molecular complexity index is 650. The zero-order valence-corrected chi connectivity index (χ0v) is 12.3. The van der Waals surface area contributed by atoms with Gasteiger partial charge in [-0.3, -0.25) is 4.99 Å². The first-order chi connectivity index (χ1) is 9.65. The van der Waals surface area contributed by atoms with Gasteiger partial charge in [-0.1, -0.05) is 12.1 Å². The lowest BCUT2D eigenvalue weighted by Gasteiger charge is -2.31. The Morgan fingerprint density at radius 3 is 2.85 bits per heavy atom. The van der Waals surface area contributed by atoms with Crippen molar-refractivity contribution in [3.63, 3.8) is 0 Å². The van der Waals surface area contributed by atoms with Crippen molar-refractivity contribution in [1.82, 2.24) is 9.47 Å². The number of hydrogen-bond donors (Lipinski definition) is 1. The summed E-state index contributed by atoms with van der Waals surface area (Å²) in [6.07, 6.45) is 4.38. The van der Waals surface area contributed by atoms with Crippen molar-refractivity contribution >= 4 is 16.9 Å². The van der Waals surface area contributed by atoms with E-state index in [1.807, 2.05) is 0 Å². The van der Waals surface area contributed by atoms with Crippen LogP contribution in [-0.2, 0) is 13.5 Å². The van der Waals surface area contributed by atoms with Crippen LogP contribution in [0.5, 0.6) is 0 Å². The Morgan fingerprint density at radius 2 is 2.15 bits per heavy atom. The average molecular weight is 270 g/mol. The van der Waals surface area contributed by atoms with Gasteiger partial charge in [0.15, 0.2) is 5.96 Å². The summed E-state index contributed by atoms with van der Waals surface area (Å²) >= 11 is 0. The van der Waals surface area contributed by atoms with Gasteiger partial charge in [0.05, 0.1) is 0 Å². The van der Waals surface area contributed by atoms with Gasteiger partial charge in [-0.15, -0.1) is 0 Å². The molecule has 0 amide bonds. The molecule has 1 aromatic carbocycles. The van der Waals surface area contributed by atoms with Crippen LogP contribution in [0.15, 0.2) is 29.4 Å². The molecule has 1 saturated heterocycles. The normalized spacial score (nSPS) is 15.7. The SMILES string of the molecule is Cc1ccc2c(CCN=C(N)N3CCC3)cn(C)c2c1. The number of hydrogen-bond acceptors (Lipinski definition) is 1. The van der Waals surface area contributed by atoms with E-state index in [-0.39, 0.29) is 0 Å². The fourth-order valence-electron chi connectivity index (χ4n) is 2.71. The van der Waals surface area contributed by atoms with Gasteiger partial charge in [-0.05, 0) is 37.0 Å². The molecule has 0 unspecified atom stereocenters. The topological polar surface area (TPSA) is 46.5 Å². The molecular weight excluding hydrogens is 248 g/mol. The van der Waals surface area contributed by atoms with Crippen LogP contribution in [-0.4, -0.2) is 35.1 Å². The Kier molecular flexibility index (Phi) is 3.38. The highest BCUT2D eigenvalue weighted by atomic mass is 15.3. The number of nitrogens with zero attached hydrogens (tertiary/aromatic N) is 3. The third-order valence-corrected chi connectivity index (χ3v) is 4.06. The molecule has 1 aliphatic heterocycles. The fraction of sp³-hybridized carbons (Fsp3) is 0.438. The maximum absolute atomic E-state index is 5.95. The first-order valence-electron chi connectivity index (χ1n) is 7.24. The van der Waals surface area contributed by atoms with Crippen molar-refractivity contribution in [1.29, 1.82) is 0 Å². The number of aliphatic imine (C=N–C) groups is 1. The summed E-state index contributed by atoms with van der Waals surface area (Å²) in [7, 11) is 2.10. The Labute approximate surface area is 119 Å². The van der Waals surface area contributed by atoms with Gasteiger partial charge in [0.25, 0.3) is 0 Å². The second-order valence-electron chi connectivity index (χ2n) is 5.62. The first kappa shape index (κ1) is 13.0. The number of benzene rings is 1. The molecule has 0 saturated carbocycles. The van der Waals surface area contributed by atoms with Gasteiger partial charge >= 0.3 is 0 Å². The van der Waals surface area contributed by atoms with Crippen LogP contribution in [0.25, 0.3) is 10.9 Å². The molecule has 2 aromatic rings. The number of rotatable bonds is 3. The molecule has 1 fully saturated rings. The predicted molar refractivity (Wildman–Crippen MR) is 84.0 cm³/mol. The molecule has 2 heterocycles. The Balaban J connectivity index is 1.74. The van der Waals surface area contributed by atoms with Crippen molar-refractivity contribution in [2.24, 2.45) is 17.8 Å². The molecule has 20 heavy (non-hydrogen) atoms. The summed E-state index contributed by atoms with van der Waals surface area (Å²) in [6.45, 7) is 5.01. The van der Waals surface area contributed by atoms with Gasteiger partial charge < -0.3 is 15.2 Å². The highest BCUT2D eigenvalue weighted by Crippen LogP contribution is 2.22. The summed E-state index contributed by atoms with van der Waals surface area (Å²) in [5.41, 5.74) is 9.89. The average Bonchev–Trinajstić information content (AvgIpc) is 2.64. The zero-order chi connectivity index (χ0) is 14.1. The number of nitrogens with two attached hydrogens (primary N) is 1. The standard InChI is InChI=1S/C16H22N4/c1-12-4-5-14-13(11-19(2)15(14)10-12)6-7-18-16(17)20-8-3-9-20/h4-5,10-11H,3,6-9H2,1-2H3,(H2,17,18). The molecule has 1 aromatic heterocycles. The molecule has 4 nitrogen and oxygen atoms in total. The van der Waals surface area contributed by atoms with E-state index in [0.29, 0.717) is 5.96 Å². The molecule has 0 aliphatic carbocycles. The number of fused-ring (bicyclic) bond motifs is 1. The van der Waals surface area contributed by atoms with Crippen LogP contribution in [0.3, 0.4) is 0 Å². The number of aromatic nitrogens is 1. The zero-order valence-electron chi connectivity index (χ0n) is 12.3. The summed E-state index contributed by atoms with van der Waals surface area (Å²) in [4.78, 5) is 6.62. The molecule has 1 aliphatic rings. The molecule has 2 N–H and O–H groups in total. The lowest BCUT2D eigenvalue weighted by Crippen LogP contribution is -2.46. The lowest BCUT2D eigenvalue weighted by atomic mass is 10.1. The Morgan fingerprint density at radius 1 is 1.35 bits per heavy atom. The molecule has 0 atom stereocenters. The van der Waals surface area contributed by atoms with Gasteiger partial charge in [0, 0.05) is 43.8 Å². The number of aryl methyl sites for hydroxylation is 2. The van der Waals surface area contributed by atoms with Crippen LogP contribution < -0.4 is 5.73 Å². The molecule has 4 heteroatoms. The van der Waals surface area contributed by atoms with Crippen LogP contribution in [0.2, 0.25) is 0 Å². The van der Waals surface area contributed by atoms with E-state index in [1.165, 1.54) is 28.5 Å². The van der Waals surface area contributed by atoms with E-state index in [1.54, 1.807) is 0 Å². The monoisotopic (exact) mass is 270 g/mol. The number of guanidine groups is 1. The number of likely N-dealkylation sites (tertiary alicyclic amines) is 1. The highest BCUT2D eigenvalue weighted by Gasteiger charge is 2.15. The molecule has 106 valence electrons. The lowest BCUT2D eigenvalue weighted by molar-refractivity contribution is 0.296. The predicted octanol–water partition coefficient (Wildman–Crippen LogP) is 2.05. The first-order valence-corrected chi connectivity index (χ1v) is 7.24. The van der Waals surface area contributed by atoms with Crippen molar-refractivity contribution in [2.75, 3.05) is 19.6 Å². The van der Waals surface area contributed by atoms with Gasteiger partial charge in [0.1, 0.15) is 0 Å². The summed E-state index contributed by atoms with van der Waals surface area (Å²) in [5, 5.41) is 1.33. The summed E-state index contributed by atoms with van der Waals surface area (Å²) in [6, 6.07) is 6.61. The van der Waals surface area contributed by atoms with E-state index in [9.17, 15) is 0 Å². The molecule has 3 rings (SSSR count). The minimum absolute atomic E-state index is 0.701. The van der Waals surface area contributed by atoms with Crippen LogP contribution in [0.4, 0.5) is 0 Å². The smallest absolute Gasteiger partial charge is 0.191 e. The van der Waals surface area contributed by atoms with Crippen LogP contribution >= 0.6 is 0 Å². The van der Waals surface area contributed by atoms with Gasteiger partial charge in [0.2, 0.25) is 0 Å². The maximum atomic E-state index is 5.95. The van der Waals surface area contributed by atoms with Crippen molar-refractivity contribution in [3.8, 4) is 0 Å². The van der Waals surface area contributed by atoms with Crippen molar-refractivity contribution in [3.05, 3.63) is 35.5 Å². The van der Waals surface area contributed by atoms with Gasteiger partial charge in [-0.25, -0.2) is 0 Å². The second-order valence-corrected chi connectivity index (χ2v) is 5.62. The third-order valence-electron chi connectivity index (χ3n) is 4.06. The fourth-order valence-corrected chi connectivity index (χ4v) is 2.71. The second kappa shape index (κ2) is 5.19. The molecule has 0 spiro atoms. The van der Waals surface area contributed by atoms with E-state index >= 15 is 0 Å². The van der Waals surface area contributed by atoms with Gasteiger partial charge in [-0.2, -0.15) is 0 Å². The summed E-state index contributed by atoms with van der Waals surface area (Å²) in [5.74, 6) is 0.701. The van der Waals surface area contributed by atoms with E-state index < -0.39 is 0 Å². The quantitative estimate of drug-likeness (QED) is 0.685. The van der Waals surface area contributed by atoms with Crippen molar-refractivity contribution < 1.29 is 0 Å². The van der Waals surface area contributed by atoms with E-state index in [2.05, 4.69) is 52.8 Å². The maximum Gasteiger partial charge on any atom is 0.191 e. The molecule has 0 bridgehead atoms. The molecule has 0 radical (unpaired) electrons. The minimum Gasteiger partial charge on any atom is -0.370 e. The van der Waals surface area contributed by atoms with Crippen LogP contribution in [0.1, 0.15) is 17.5 Å². The van der Waals surface area contributed by atoms with Crippen molar-refractivity contribution in [2.45, 2.75) is 19.8 Å². The third kappa shape index (κ3) is 2.38. The summed E-state index contributed by atoms with van der Waals surface area (Å²) < 4.78 is 2.19. The highest BCUT2D eigenvalue weighted by molar-refractivity contribution is 5.84. The largest absolute Gasteiger partial charge is 0.370 e. The van der Waals surface area contributed by atoms with E-state index in [4.69, 9.17) is 5.73 Å². The minimum atomic E-state index is 0.701. The Hall–Kier alpha value is -1.97. The van der Waals surface area contributed by atoms with Crippen LogP contribution in [0, 0.1) is 6.92 Å². The molecular formula is C16H22N4.